The summed E-state index contributed by atoms with van der Waals surface area (Å²) in [4.78, 5) is 12.8. The van der Waals surface area contributed by atoms with Crippen LogP contribution < -0.4 is 0 Å². The summed E-state index contributed by atoms with van der Waals surface area (Å²) in [7, 11) is -3.88. The number of carboxylic acid groups (broad SMARTS) is 1. The predicted molar refractivity (Wildman–Crippen MR) is 134 cm³/mol. The van der Waals surface area contributed by atoms with E-state index >= 15 is 0 Å². The van der Waals surface area contributed by atoms with Crippen LogP contribution in [0.5, 0.6) is 0 Å². The van der Waals surface area contributed by atoms with Gasteiger partial charge in [-0.05, 0) is 77.4 Å². The summed E-state index contributed by atoms with van der Waals surface area (Å²) in [5.74, 6) is -1.42. The summed E-state index contributed by atoms with van der Waals surface area (Å²) in [6.07, 6.45) is 3.83. The highest BCUT2D eigenvalue weighted by molar-refractivity contribution is 7.89. The molecular weight excluding hydrogens is 481 g/mol. The van der Waals surface area contributed by atoms with Gasteiger partial charge in [0.2, 0.25) is 10.0 Å². The fraction of sp³-hybridized carbons (Fsp3) is 0.333. The number of nitrogens with zero attached hydrogens (tertiary/aromatic N) is 3. The molecule has 0 spiro atoms. The van der Waals surface area contributed by atoms with Crippen molar-refractivity contribution in [2.24, 2.45) is 5.41 Å². The van der Waals surface area contributed by atoms with Crippen LogP contribution in [0.1, 0.15) is 44.0 Å². The van der Waals surface area contributed by atoms with E-state index in [9.17, 15) is 22.7 Å². The Balaban J connectivity index is 1.48. The highest BCUT2D eigenvalue weighted by atomic mass is 32.2. The molecule has 2 heterocycles. The first kappa shape index (κ1) is 24.4. The summed E-state index contributed by atoms with van der Waals surface area (Å²) >= 11 is 0. The Labute approximate surface area is 209 Å². The maximum absolute atomic E-state index is 13.5. The zero-order valence-corrected chi connectivity index (χ0v) is 21.2. The monoisotopic (exact) mass is 509 g/mol. The molecule has 1 aliphatic heterocycles. The lowest BCUT2D eigenvalue weighted by atomic mass is 9.69. The third-order valence-corrected chi connectivity index (χ3v) is 9.08. The van der Waals surface area contributed by atoms with Crippen molar-refractivity contribution in [2.75, 3.05) is 13.1 Å². The van der Waals surface area contributed by atoms with Crippen LogP contribution in [0.2, 0.25) is 0 Å². The summed E-state index contributed by atoms with van der Waals surface area (Å²) in [5.41, 5.74) is 2.31. The molecular formula is C27H28FN3O4S. The molecule has 0 amide bonds. The maximum Gasteiger partial charge on any atom is 0.315 e. The first-order valence-corrected chi connectivity index (χ1v) is 13.2. The minimum Gasteiger partial charge on any atom is -0.481 e. The molecule has 1 saturated heterocycles. The zero-order valence-electron chi connectivity index (χ0n) is 20.4. The molecule has 1 atom stereocenters. The number of aromatic nitrogens is 2. The Morgan fingerprint density at radius 2 is 1.75 bits per heavy atom. The summed E-state index contributed by atoms with van der Waals surface area (Å²) in [6, 6.07) is 12.7. The first-order chi connectivity index (χ1) is 16.9. The minimum atomic E-state index is -3.88. The molecule has 0 bridgehead atoms. The summed E-state index contributed by atoms with van der Waals surface area (Å²) in [6.45, 7) is 6.20. The van der Waals surface area contributed by atoms with Gasteiger partial charge in [-0.1, -0.05) is 32.9 Å². The normalized spacial score (nSPS) is 20.4. The van der Waals surface area contributed by atoms with Crippen molar-refractivity contribution >= 4 is 22.1 Å². The maximum atomic E-state index is 13.5. The van der Waals surface area contributed by atoms with Crippen LogP contribution in [0.3, 0.4) is 0 Å². The lowest BCUT2D eigenvalue weighted by molar-refractivity contribution is -0.147. The molecule has 5 rings (SSSR count). The number of rotatable bonds is 4. The van der Waals surface area contributed by atoms with Gasteiger partial charge in [0.1, 0.15) is 11.2 Å². The lowest BCUT2D eigenvalue weighted by Gasteiger charge is -2.43. The van der Waals surface area contributed by atoms with Crippen LogP contribution in [0, 0.1) is 11.2 Å². The fourth-order valence-corrected chi connectivity index (χ4v) is 6.57. The van der Waals surface area contributed by atoms with E-state index in [-0.39, 0.29) is 35.6 Å². The van der Waals surface area contributed by atoms with E-state index in [2.05, 4.69) is 25.9 Å². The molecule has 0 radical (unpaired) electrons. The number of fused-ring (bicyclic) bond motifs is 2. The van der Waals surface area contributed by atoms with Gasteiger partial charge in [0.15, 0.2) is 0 Å². The third-order valence-electron chi connectivity index (χ3n) is 7.22. The van der Waals surface area contributed by atoms with E-state index < -0.39 is 21.4 Å². The van der Waals surface area contributed by atoms with E-state index in [1.54, 1.807) is 35.1 Å². The Bertz CT molecular complexity index is 1470. The third kappa shape index (κ3) is 3.96. The second kappa shape index (κ2) is 8.38. The predicted octanol–water partition coefficient (Wildman–Crippen LogP) is 4.41. The van der Waals surface area contributed by atoms with Crippen molar-refractivity contribution in [1.29, 1.82) is 0 Å². The van der Waals surface area contributed by atoms with Gasteiger partial charge in [-0.15, -0.1) is 0 Å². The molecule has 9 heteroatoms. The quantitative estimate of drug-likeness (QED) is 0.562. The molecule has 0 saturated carbocycles. The van der Waals surface area contributed by atoms with E-state index in [0.717, 1.165) is 11.3 Å². The molecule has 1 aliphatic carbocycles. The number of hydrogen-bond donors (Lipinski definition) is 1. The Kier molecular flexibility index (Phi) is 5.68. The summed E-state index contributed by atoms with van der Waals surface area (Å²) < 4.78 is 43.4. The van der Waals surface area contributed by atoms with Crippen molar-refractivity contribution < 1.29 is 22.7 Å². The number of aliphatic carboxylic acids is 1. The van der Waals surface area contributed by atoms with Crippen molar-refractivity contribution in [3.05, 3.63) is 82.9 Å². The molecule has 1 fully saturated rings. The Morgan fingerprint density at radius 1 is 1.08 bits per heavy atom. The van der Waals surface area contributed by atoms with Gasteiger partial charge in [0.05, 0.1) is 22.5 Å². The minimum absolute atomic E-state index is 0.112. The number of benzene rings is 2. The lowest BCUT2D eigenvalue weighted by Crippen LogP contribution is -2.53. The standard InChI is InChI=1S/C27H28FN3O4S/c1-26(2,3)19-4-10-23(11-5-19)36(34,35)30-13-12-20-14-24-18(15-27(20,17-30)25(32)33)16-29-31(24)22-8-6-21(28)7-9-22/h4-11,14,16H,12-13,15,17H2,1-3H3,(H,32,33)/t27-/m0/s1. The number of carbonyl (C=O) groups is 1. The average Bonchev–Trinajstić information content (AvgIpc) is 3.24. The van der Waals surface area contributed by atoms with Crippen molar-refractivity contribution in [1.82, 2.24) is 14.1 Å². The Hall–Kier alpha value is -3.30. The highest BCUT2D eigenvalue weighted by Gasteiger charge is 2.51. The van der Waals surface area contributed by atoms with Crippen LogP contribution in [-0.4, -0.2) is 46.7 Å². The second-order valence-corrected chi connectivity index (χ2v) is 12.5. The van der Waals surface area contributed by atoms with Crippen LogP contribution in [0.25, 0.3) is 11.8 Å². The summed E-state index contributed by atoms with van der Waals surface area (Å²) in [5, 5.41) is 14.8. The number of sulfonamides is 1. The molecule has 36 heavy (non-hydrogen) atoms. The highest BCUT2D eigenvalue weighted by Crippen LogP contribution is 2.45. The molecule has 1 aromatic heterocycles. The molecule has 7 nitrogen and oxygen atoms in total. The first-order valence-electron chi connectivity index (χ1n) is 11.8. The molecule has 2 aromatic carbocycles. The number of halogens is 1. The largest absolute Gasteiger partial charge is 0.481 e. The Morgan fingerprint density at radius 3 is 2.36 bits per heavy atom. The fourth-order valence-electron chi connectivity index (χ4n) is 5.07. The van der Waals surface area contributed by atoms with Gasteiger partial charge in [-0.2, -0.15) is 9.40 Å². The van der Waals surface area contributed by atoms with Crippen molar-refractivity contribution in [2.45, 2.75) is 43.9 Å². The van der Waals surface area contributed by atoms with Crippen LogP contribution in [-0.2, 0) is 26.7 Å². The van der Waals surface area contributed by atoms with Crippen molar-refractivity contribution in [3.8, 4) is 5.69 Å². The number of carboxylic acids is 1. The van der Waals surface area contributed by atoms with E-state index in [4.69, 9.17) is 0 Å². The van der Waals surface area contributed by atoms with Gasteiger partial charge >= 0.3 is 5.97 Å². The van der Waals surface area contributed by atoms with Gasteiger partial charge in [-0.3, -0.25) is 4.79 Å². The van der Waals surface area contributed by atoms with E-state index in [0.29, 0.717) is 23.2 Å². The topological polar surface area (TPSA) is 92.5 Å². The second-order valence-electron chi connectivity index (χ2n) is 10.5. The SMILES string of the molecule is CC(C)(C)c1ccc(S(=O)(=O)N2CCC3=Cc4c(cnn4-c4ccc(F)cc4)C[C@]3(C(=O)O)C2)cc1. The molecule has 3 aromatic rings. The van der Waals surface area contributed by atoms with Gasteiger partial charge < -0.3 is 5.11 Å². The van der Waals surface area contributed by atoms with Gasteiger partial charge in [0, 0.05) is 13.1 Å². The van der Waals surface area contributed by atoms with Gasteiger partial charge in [0.25, 0.3) is 0 Å². The van der Waals surface area contributed by atoms with Gasteiger partial charge in [-0.25, -0.2) is 17.5 Å². The van der Waals surface area contributed by atoms with Crippen LogP contribution >= 0.6 is 0 Å². The number of piperidine rings is 1. The molecule has 1 N–H and O–H groups in total. The average molecular weight is 510 g/mol. The smallest absolute Gasteiger partial charge is 0.315 e. The molecule has 188 valence electrons. The van der Waals surface area contributed by atoms with Crippen LogP contribution in [0.15, 0.2) is 65.2 Å². The zero-order chi connectivity index (χ0) is 25.9. The molecule has 0 unspecified atom stereocenters. The number of hydrogen-bond acceptors (Lipinski definition) is 4. The molecule has 2 aliphatic rings. The van der Waals surface area contributed by atoms with Crippen LogP contribution in [0.4, 0.5) is 4.39 Å². The van der Waals surface area contributed by atoms with Crippen molar-refractivity contribution in [3.63, 3.8) is 0 Å². The van der Waals surface area contributed by atoms with E-state index in [1.807, 2.05) is 18.2 Å². The van der Waals surface area contributed by atoms with E-state index in [1.165, 1.54) is 16.4 Å².